The highest BCUT2D eigenvalue weighted by molar-refractivity contribution is 6.45. The summed E-state index contributed by atoms with van der Waals surface area (Å²) in [5.41, 5.74) is 6.73. The summed E-state index contributed by atoms with van der Waals surface area (Å²) in [5.74, 6) is -1.09. The van der Waals surface area contributed by atoms with Crippen LogP contribution < -0.4 is 16.1 Å². The normalized spacial score (nSPS) is 20.1. The fourth-order valence-corrected chi connectivity index (χ4v) is 5.12. The molecule has 3 aliphatic heterocycles. The molecule has 4 aromatic rings. The molecule has 0 spiro atoms. The lowest BCUT2D eigenvalue weighted by molar-refractivity contribution is -0.125. The number of ketones is 1. The number of aromatic nitrogens is 5. The number of hydrazone groups is 2. The zero-order valence-corrected chi connectivity index (χ0v) is 20.5. The largest absolute Gasteiger partial charge is 0.357 e. The van der Waals surface area contributed by atoms with Gasteiger partial charge in [-0.05, 0) is 19.1 Å². The van der Waals surface area contributed by atoms with Crippen molar-refractivity contribution in [3.05, 3.63) is 66.3 Å². The SMILES string of the molecule is Cc1ncn(-c2ncc(F)c3c(C(=O)C(=O)N4CC5C=NN(C6=NNNN6c6ccccc6)C5C4)c[nH]c23)n1. The van der Waals surface area contributed by atoms with Crippen molar-refractivity contribution in [1.29, 1.82) is 0 Å². The minimum absolute atomic E-state index is 0.0231. The number of para-hydroxylation sites is 1. The standard InChI is InChI=1S/C24H21FN12O2/c1-13-28-12-35(31-13)22-20-19(17(25)9-27-22)16(8-26-20)21(38)23(39)34-10-14-7-29-37(18(14)11-34)24-30-32-33-36(24)15-5-3-2-4-6-15/h2-9,12,14,18,26,32-33H,10-11H2,1H3. The van der Waals surface area contributed by atoms with Gasteiger partial charge in [-0.2, -0.15) is 10.2 Å². The Morgan fingerprint density at radius 2 is 1.97 bits per heavy atom. The Morgan fingerprint density at radius 1 is 1.13 bits per heavy atom. The van der Waals surface area contributed by atoms with Crippen molar-refractivity contribution in [1.82, 2.24) is 45.7 Å². The van der Waals surface area contributed by atoms with E-state index in [1.54, 1.807) is 23.2 Å². The number of amides is 1. The van der Waals surface area contributed by atoms with Crippen molar-refractivity contribution in [2.75, 3.05) is 18.1 Å². The van der Waals surface area contributed by atoms with E-state index in [9.17, 15) is 14.0 Å². The Labute approximate surface area is 219 Å². The highest BCUT2D eigenvalue weighted by Crippen LogP contribution is 2.31. The smallest absolute Gasteiger partial charge is 0.295 e. The average Bonchev–Trinajstić information content (AvgIpc) is 3.77. The molecular weight excluding hydrogens is 507 g/mol. The number of likely N-dealkylation sites (tertiary alicyclic amines) is 1. The maximum absolute atomic E-state index is 14.9. The lowest BCUT2D eigenvalue weighted by Crippen LogP contribution is -2.50. The van der Waals surface area contributed by atoms with Crippen molar-refractivity contribution in [3.63, 3.8) is 0 Å². The number of fused-ring (bicyclic) bond motifs is 2. The van der Waals surface area contributed by atoms with Gasteiger partial charge in [-0.25, -0.2) is 34.6 Å². The minimum atomic E-state index is -0.817. The number of hydrazine groups is 2. The van der Waals surface area contributed by atoms with Crippen LogP contribution in [0.25, 0.3) is 16.7 Å². The van der Waals surface area contributed by atoms with Crippen LogP contribution in [0, 0.1) is 18.7 Å². The molecule has 1 aromatic carbocycles. The number of aromatic amines is 1. The average molecular weight is 529 g/mol. The number of guanidine groups is 1. The molecule has 196 valence electrons. The van der Waals surface area contributed by atoms with Crippen LogP contribution in [0.1, 0.15) is 16.2 Å². The van der Waals surface area contributed by atoms with Crippen LogP contribution in [-0.4, -0.2) is 77.6 Å². The highest BCUT2D eigenvalue weighted by Gasteiger charge is 2.46. The Morgan fingerprint density at radius 3 is 2.77 bits per heavy atom. The van der Waals surface area contributed by atoms with Gasteiger partial charge < -0.3 is 9.88 Å². The summed E-state index contributed by atoms with van der Waals surface area (Å²) >= 11 is 0. The first-order chi connectivity index (χ1) is 19.0. The third-order valence-corrected chi connectivity index (χ3v) is 6.96. The molecule has 0 bridgehead atoms. The fraction of sp³-hybridized carbons (Fsp3) is 0.208. The van der Waals surface area contributed by atoms with Crippen molar-refractivity contribution >= 4 is 40.5 Å². The van der Waals surface area contributed by atoms with E-state index in [0.29, 0.717) is 18.3 Å². The second kappa shape index (κ2) is 8.70. The first kappa shape index (κ1) is 23.0. The molecule has 14 nitrogen and oxygen atoms in total. The monoisotopic (exact) mass is 528 g/mol. The number of hydrogen-bond acceptors (Lipinski definition) is 11. The Balaban J connectivity index is 1.13. The number of H-pyrrole nitrogens is 1. The molecule has 15 heteroatoms. The zero-order chi connectivity index (χ0) is 26.7. The van der Waals surface area contributed by atoms with E-state index in [1.165, 1.54) is 22.1 Å². The van der Waals surface area contributed by atoms with E-state index in [4.69, 9.17) is 0 Å². The molecule has 1 fully saturated rings. The molecule has 2 atom stereocenters. The molecule has 2 unspecified atom stereocenters. The number of aryl methyl sites for hydroxylation is 1. The molecule has 0 saturated carbocycles. The number of carbonyl (C=O) groups excluding carboxylic acids is 2. The van der Waals surface area contributed by atoms with Gasteiger partial charge in [0, 0.05) is 31.4 Å². The second-order valence-corrected chi connectivity index (χ2v) is 9.30. The minimum Gasteiger partial charge on any atom is -0.357 e. The maximum Gasteiger partial charge on any atom is 0.295 e. The third-order valence-electron chi connectivity index (χ3n) is 6.96. The van der Waals surface area contributed by atoms with Crippen LogP contribution in [0.3, 0.4) is 0 Å². The van der Waals surface area contributed by atoms with Gasteiger partial charge in [0.15, 0.2) is 11.6 Å². The second-order valence-electron chi connectivity index (χ2n) is 9.30. The first-order valence-corrected chi connectivity index (χ1v) is 12.1. The summed E-state index contributed by atoms with van der Waals surface area (Å²) in [6.45, 7) is 2.25. The molecule has 39 heavy (non-hydrogen) atoms. The summed E-state index contributed by atoms with van der Waals surface area (Å²) in [6.07, 6.45) is 5.53. The molecule has 0 aliphatic carbocycles. The lowest BCUT2D eigenvalue weighted by Gasteiger charge is -2.28. The van der Waals surface area contributed by atoms with E-state index in [-0.39, 0.29) is 40.8 Å². The number of benzene rings is 1. The molecule has 1 amide bonds. The van der Waals surface area contributed by atoms with Crippen molar-refractivity contribution < 1.29 is 14.0 Å². The van der Waals surface area contributed by atoms with Gasteiger partial charge in [0.1, 0.15) is 12.2 Å². The number of nitrogens with zero attached hydrogens (tertiary/aromatic N) is 9. The van der Waals surface area contributed by atoms with Crippen LogP contribution >= 0.6 is 0 Å². The molecule has 1 saturated heterocycles. The fourth-order valence-electron chi connectivity index (χ4n) is 5.12. The van der Waals surface area contributed by atoms with E-state index in [0.717, 1.165) is 11.9 Å². The summed E-state index contributed by atoms with van der Waals surface area (Å²) in [6, 6.07) is 9.34. The number of anilines is 1. The number of pyridine rings is 1. The van der Waals surface area contributed by atoms with Gasteiger partial charge in [0.05, 0.1) is 34.4 Å². The van der Waals surface area contributed by atoms with Crippen LogP contribution in [0.2, 0.25) is 0 Å². The Hall–Kier alpha value is -5.18. The number of halogens is 1. The van der Waals surface area contributed by atoms with E-state index in [1.807, 2.05) is 30.3 Å². The van der Waals surface area contributed by atoms with Crippen LogP contribution in [0.4, 0.5) is 10.1 Å². The predicted molar refractivity (Wildman–Crippen MR) is 137 cm³/mol. The number of nitrogens with one attached hydrogen (secondary N) is 3. The summed E-state index contributed by atoms with van der Waals surface area (Å²) in [7, 11) is 0. The van der Waals surface area contributed by atoms with Crippen LogP contribution in [-0.2, 0) is 4.79 Å². The quantitative estimate of drug-likeness (QED) is 0.257. The van der Waals surface area contributed by atoms with Gasteiger partial charge in [-0.1, -0.05) is 18.2 Å². The Kier molecular flexibility index (Phi) is 5.12. The molecule has 6 heterocycles. The summed E-state index contributed by atoms with van der Waals surface area (Å²) in [5, 5.41) is 16.5. The highest BCUT2D eigenvalue weighted by atomic mass is 19.1. The predicted octanol–water partition coefficient (Wildman–Crippen LogP) is 0.703. The van der Waals surface area contributed by atoms with E-state index < -0.39 is 17.5 Å². The molecule has 3 N–H and O–H groups in total. The molecule has 3 aromatic heterocycles. The van der Waals surface area contributed by atoms with Gasteiger partial charge in [-0.3, -0.25) is 9.59 Å². The van der Waals surface area contributed by atoms with Gasteiger partial charge in [0.2, 0.25) is 0 Å². The molecule has 7 rings (SSSR count). The molecule has 0 radical (unpaired) electrons. The van der Waals surface area contributed by atoms with Crippen molar-refractivity contribution in [2.24, 2.45) is 16.1 Å². The van der Waals surface area contributed by atoms with Crippen LogP contribution in [0.15, 0.2) is 59.3 Å². The third kappa shape index (κ3) is 3.62. The lowest BCUT2D eigenvalue weighted by atomic mass is 10.1. The zero-order valence-electron chi connectivity index (χ0n) is 20.5. The van der Waals surface area contributed by atoms with Crippen LogP contribution in [0.5, 0.6) is 0 Å². The van der Waals surface area contributed by atoms with E-state index in [2.05, 4.69) is 41.3 Å². The van der Waals surface area contributed by atoms with E-state index >= 15 is 0 Å². The summed E-state index contributed by atoms with van der Waals surface area (Å²) in [4.78, 5) is 39.3. The molecule has 3 aliphatic rings. The van der Waals surface area contributed by atoms with Crippen molar-refractivity contribution in [3.8, 4) is 5.82 Å². The Bertz CT molecular complexity index is 1680. The number of Topliss-reactive ketones (excluding diaryl/α,β-unsaturated/α-hetero) is 1. The van der Waals surface area contributed by atoms with Crippen molar-refractivity contribution in [2.45, 2.75) is 13.0 Å². The maximum atomic E-state index is 14.9. The first-order valence-electron chi connectivity index (χ1n) is 12.1. The number of carbonyl (C=O) groups is 2. The van der Waals surface area contributed by atoms with Gasteiger partial charge in [0.25, 0.3) is 17.6 Å². The molecular formula is C24H21FN12O2. The summed E-state index contributed by atoms with van der Waals surface area (Å²) < 4.78 is 16.3. The van der Waals surface area contributed by atoms with Gasteiger partial charge in [-0.15, -0.1) is 10.6 Å². The number of rotatable bonds is 4. The topological polar surface area (TPSA) is 152 Å². The van der Waals surface area contributed by atoms with Gasteiger partial charge >= 0.3 is 0 Å². The number of hydrogen-bond donors (Lipinski definition) is 3.